The predicted molar refractivity (Wildman–Crippen MR) is 160 cm³/mol. The number of cyclic esters (lactones) is 1. The number of hydrogen-bond donors (Lipinski definition) is 1. The van der Waals surface area contributed by atoms with E-state index in [0.717, 1.165) is 16.7 Å². The summed E-state index contributed by atoms with van der Waals surface area (Å²) in [5, 5.41) is 1.93. The lowest BCUT2D eigenvalue weighted by Gasteiger charge is -2.49. The Morgan fingerprint density at radius 3 is 2.17 bits per heavy atom. The van der Waals surface area contributed by atoms with Crippen molar-refractivity contribution in [3.05, 3.63) is 118 Å². The number of amides is 2. The summed E-state index contributed by atoms with van der Waals surface area (Å²) in [6.45, 7) is 0.321. The lowest BCUT2D eigenvalue weighted by Crippen LogP contribution is -2.70. The second-order valence-corrected chi connectivity index (χ2v) is 12.5. The van der Waals surface area contributed by atoms with Gasteiger partial charge in [-0.15, -0.1) is 23.5 Å². The van der Waals surface area contributed by atoms with Crippen LogP contribution in [-0.4, -0.2) is 57.7 Å². The maximum atomic E-state index is 14.0. The van der Waals surface area contributed by atoms with Crippen LogP contribution in [0.25, 0.3) is 0 Å². The van der Waals surface area contributed by atoms with E-state index in [1.165, 1.54) is 28.4 Å². The Balaban J connectivity index is 1.27. The number of carbonyl (C=O) groups is 4. The largest absolute Gasteiger partial charge is 0.465 e. The molecule has 2 fully saturated rings. The Morgan fingerprint density at radius 2 is 1.57 bits per heavy atom. The Hall–Kier alpha value is -4.02. The summed E-state index contributed by atoms with van der Waals surface area (Å²) in [7, 11) is 0. The molecule has 0 aliphatic carbocycles. The smallest absolute Gasteiger partial charge is 0.356 e. The Morgan fingerprint density at radius 1 is 0.952 bits per heavy atom. The van der Waals surface area contributed by atoms with Crippen molar-refractivity contribution in [2.24, 2.45) is 0 Å². The predicted octanol–water partition coefficient (Wildman–Crippen LogP) is 4.22. The van der Waals surface area contributed by atoms with Gasteiger partial charge in [0.1, 0.15) is 22.4 Å². The lowest BCUT2D eigenvalue weighted by molar-refractivity contribution is -0.154. The maximum Gasteiger partial charge on any atom is 0.356 e. The van der Waals surface area contributed by atoms with Gasteiger partial charge in [0.2, 0.25) is 5.91 Å². The van der Waals surface area contributed by atoms with Gasteiger partial charge in [-0.3, -0.25) is 19.3 Å². The minimum Gasteiger partial charge on any atom is -0.465 e. The van der Waals surface area contributed by atoms with Crippen molar-refractivity contribution in [3.8, 4) is 0 Å². The van der Waals surface area contributed by atoms with E-state index in [2.05, 4.69) is 5.32 Å². The molecule has 0 aromatic heterocycles. The van der Waals surface area contributed by atoms with Gasteiger partial charge in [-0.1, -0.05) is 91.0 Å². The molecule has 10 heteroatoms. The molecule has 2 unspecified atom stereocenters. The van der Waals surface area contributed by atoms with E-state index in [0.29, 0.717) is 23.7 Å². The van der Waals surface area contributed by atoms with Gasteiger partial charge >= 0.3 is 11.9 Å². The Labute approximate surface area is 251 Å². The van der Waals surface area contributed by atoms with Crippen LogP contribution in [0.2, 0.25) is 0 Å². The third kappa shape index (κ3) is 5.82. The van der Waals surface area contributed by atoms with Gasteiger partial charge in [-0.2, -0.15) is 0 Å². The topological polar surface area (TPSA) is 102 Å². The fourth-order valence-corrected chi connectivity index (χ4v) is 7.87. The number of thioether (sulfide) groups is 2. The van der Waals surface area contributed by atoms with Crippen molar-refractivity contribution in [1.29, 1.82) is 0 Å². The van der Waals surface area contributed by atoms with E-state index >= 15 is 0 Å². The van der Waals surface area contributed by atoms with Gasteiger partial charge in [0.05, 0.1) is 13.0 Å². The third-order valence-corrected chi connectivity index (χ3v) is 10.0. The molecule has 42 heavy (non-hydrogen) atoms. The summed E-state index contributed by atoms with van der Waals surface area (Å²) in [6, 6.07) is 27.4. The highest BCUT2D eigenvalue weighted by Gasteiger charge is 2.55. The van der Waals surface area contributed by atoms with Crippen LogP contribution in [0.1, 0.15) is 29.2 Å². The minimum absolute atomic E-state index is 0.124. The number of carbonyl (C=O) groups excluding carboxylic acids is 4. The van der Waals surface area contributed by atoms with E-state index in [-0.39, 0.29) is 29.9 Å². The van der Waals surface area contributed by atoms with Crippen LogP contribution < -0.4 is 5.32 Å². The number of rotatable bonds is 9. The number of hydrogen-bond acceptors (Lipinski definition) is 8. The van der Waals surface area contributed by atoms with E-state index < -0.39 is 28.7 Å². The molecule has 0 bridgehead atoms. The van der Waals surface area contributed by atoms with E-state index in [1.807, 2.05) is 91.0 Å². The fourth-order valence-electron chi connectivity index (χ4n) is 5.18. The molecule has 1 N–H and O–H groups in total. The van der Waals surface area contributed by atoms with Crippen molar-refractivity contribution in [2.75, 3.05) is 12.4 Å². The molecule has 2 saturated heterocycles. The highest BCUT2D eigenvalue weighted by molar-refractivity contribution is 8.07. The average Bonchev–Trinajstić information content (AvgIpc) is 3.43. The second kappa shape index (κ2) is 12.5. The summed E-state index contributed by atoms with van der Waals surface area (Å²) < 4.78 is 11.3. The van der Waals surface area contributed by atoms with Crippen molar-refractivity contribution in [1.82, 2.24) is 10.2 Å². The number of fused-ring (bicyclic) bond motifs is 1. The van der Waals surface area contributed by atoms with Crippen molar-refractivity contribution in [2.45, 2.75) is 35.6 Å². The molecule has 0 saturated carbocycles. The number of nitrogens with zero attached hydrogens (tertiary/aromatic N) is 1. The molecule has 3 aromatic rings. The minimum atomic E-state index is -0.768. The second-order valence-electron chi connectivity index (χ2n) is 10.1. The molecule has 8 nitrogen and oxygen atoms in total. The Kier molecular flexibility index (Phi) is 8.34. The van der Waals surface area contributed by atoms with Crippen molar-refractivity contribution in [3.63, 3.8) is 0 Å². The quantitative estimate of drug-likeness (QED) is 0.288. The van der Waals surface area contributed by atoms with Crippen LogP contribution in [-0.2, 0) is 35.1 Å². The monoisotopic (exact) mass is 600 g/mol. The normalized spacial score (nSPS) is 21.5. The number of ether oxygens (including phenoxy) is 2. The fraction of sp³-hybridized carbons (Fsp3) is 0.250. The molecular formula is C32H28N2O6S2. The van der Waals surface area contributed by atoms with Crippen LogP contribution >= 0.6 is 23.5 Å². The molecule has 2 amide bonds. The van der Waals surface area contributed by atoms with Gasteiger partial charge in [0.15, 0.2) is 6.10 Å². The molecular weight excluding hydrogens is 572 g/mol. The highest BCUT2D eigenvalue weighted by atomic mass is 32.2. The summed E-state index contributed by atoms with van der Waals surface area (Å²) >= 11 is 2.70. The van der Waals surface area contributed by atoms with E-state index in [4.69, 9.17) is 9.47 Å². The lowest BCUT2D eigenvalue weighted by atomic mass is 10.0. The first-order valence-electron chi connectivity index (χ1n) is 13.6. The zero-order chi connectivity index (χ0) is 29.1. The van der Waals surface area contributed by atoms with E-state index in [1.54, 1.807) is 0 Å². The van der Waals surface area contributed by atoms with Gasteiger partial charge < -0.3 is 14.8 Å². The van der Waals surface area contributed by atoms with Crippen LogP contribution in [0, 0.1) is 0 Å². The Bertz CT molecular complexity index is 1480. The molecule has 0 radical (unpaired) electrons. The van der Waals surface area contributed by atoms with Crippen LogP contribution in [0.5, 0.6) is 0 Å². The molecule has 0 spiro atoms. The summed E-state index contributed by atoms with van der Waals surface area (Å²) in [6.07, 6.45) is -0.0412. The number of benzene rings is 3. The van der Waals surface area contributed by atoms with Crippen LogP contribution in [0.15, 0.2) is 102 Å². The van der Waals surface area contributed by atoms with Gasteiger partial charge in [-0.05, 0) is 16.7 Å². The van der Waals surface area contributed by atoms with Crippen LogP contribution in [0.3, 0.4) is 0 Å². The van der Waals surface area contributed by atoms with Crippen molar-refractivity contribution >= 4 is 47.3 Å². The van der Waals surface area contributed by atoms with E-state index in [9.17, 15) is 19.2 Å². The summed E-state index contributed by atoms with van der Waals surface area (Å²) in [4.78, 5) is 54.7. The summed E-state index contributed by atoms with van der Waals surface area (Å²) in [5.74, 6) is -1.26. The first-order chi connectivity index (χ1) is 20.5. The molecule has 214 valence electrons. The molecule has 3 aliphatic heterocycles. The maximum absolute atomic E-state index is 14.0. The van der Waals surface area contributed by atoms with Crippen LogP contribution in [0.4, 0.5) is 0 Å². The number of nitrogens with one attached hydrogen (secondary N) is 1. The third-order valence-electron chi connectivity index (χ3n) is 7.25. The molecule has 6 rings (SSSR count). The standard InChI is InChI=1S/C32H28N2O6S2/c35-25(18-20-10-4-1-5-11-20)33-26-29(36)34-27(24(19-41-30(26)34)42-23-16-17-39-31(23)37)32(38)40-28(21-12-6-2-7-13-21)22-14-8-3-9-15-22/h1-15,23,26,28,30H,16-19H2,(H,33,35)/t23?,26?,30-/m0/s1. The zero-order valence-electron chi connectivity index (χ0n) is 22.5. The molecule has 3 atom stereocenters. The average molecular weight is 601 g/mol. The SMILES string of the molecule is O=C(Cc1ccccc1)NC1C(=O)N2C(C(=O)OC(c3ccccc3)c3ccccc3)=C(SC3CCOC3=O)CS[C@@H]12. The number of β-lactam (4-membered cyclic amide) rings is 1. The first-order valence-corrected chi connectivity index (χ1v) is 15.6. The molecule has 3 aromatic carbocycles. The van der Waals surface area contributed by atoms with Gasteiger partial charge in [-0.25, -0.2) is 4.79 Å². The van der Waals surface area contributed by atoms with Gasteiger partial charge in [0.25, 0.3) is 5.91 Å². The first kappa shape index (κ1) is 28.1. The highest BCUT2D eigenvalue weighted by Crippen LogP contribution is 2.46. The number of esters is 2. The van der Waals surface area contributed by atoms with Crippen molar-refractivity contribution < 1.29 is 28.7 Å². The summed E-state index contributed by atoms with van der Waals surface area (Å²) in [5.41, 5.74) is 2.54. The zero-order valence-corrected chi connectivity index (χ0v) is 24.1. The molecule has 3 heterocycles. The molecule has 3 aliphatic rings. The van der Waals surface area contributed by atoms with Gasteiger partial charge in [0, 0.05) is 17.1 Å².